The average Bonchev–Trinajstić information content (AvgIpc) is 2.18. The van der Waals surface area contributed by atoms with E-state index in [9.17, 15) is 4.57 Å². The molecule has 1 aromatic heterocycles. The van der Waals surface area contributed by atoms with E-state index in [1.54, 1.807) is 21.7 Å². The van der Waals surface area contributed by atoms with Gasteiger partial charge in [0.1, 0.15) is 0 Å². The van der Waals surface area contributed by atoms with Crippen LogP contribution in [0.5, 0.6) is 0 Å². The van der Waals surface area contributed by atoms with Gasteiger partial charge in [-0.15, -0.1) is 0 Å². The van der Waals surface area contributed by atoms with Gasteiger partial charge in [-0.25, -0.2) is 9.34 Å². The Morgan fingerprint density at radius 3 is 2.27 bits per heavy atom. The molecule has 5 heteroatoms. The lowest BCUT2D eigenvalue weighted by Gasteiger charge is -2.30. The minimum absolute atomic E-state index is 0.529. The Balaban J connectivity index is 2.91. The van der Waals surface area contributed by atoms with E-state index in [2.05, 4.69) is 4.98 Å². The second-order valence-corrected chi connectivity index (χ2v) is 7.12. The fraction of sp³-hybridized carbons (Fsp3) is 0.500. The zero-order valence-corrected chi connectivity index (χ0v) is 10.6. The summed E-state index contributed by atoms with van der Waals surface area (Å²) < 4.78 is 16.2. The molecule has 0 aliphatic heterocycles. The van der Waals surface area contributed by atoms with Gasteiger partial charge in [-0.05, 0) is 39.8 Å². The Morgan fingerprint density at radius 1 is 1.27 bits per heavy atom. The van der Waals surface area contributed by atoms with Crippen LogP contribution in [0.1, 0.15) is 5.56 Å². The molecule has 0 spiro atoms. The minimum atomic E-state index is -2.46. The molecule has 0 fully saturated rings. The highest BCUT2D eigenvalue weighted by molar-refractivity contribution is 7.58. The predicted octanol–water partition coefficient (Wildman–Crippen LogP) is 1.90. The highest BCUT2D eigenvalue weighted by Crippen LogP contribution is 2.52. The van der Waals surface area contributed by atoms with Crippen molar-refractivity contribution in [2.45, 2.75) is 6.16 Å². The van der Waals surface area contributed by atoms with Gasteiger partial charge in [0.25, 0.3) is 0 Å². The highest BCUT2D eigenvalue weighted by atomic mass is 31.2. The van der Waals surface area contributed by atoms with Crippen molar-refractivity contribution in [3.63, 3.8) is 0 Å². The number of rotatable bonds is 4. The maximum Gasteiger partial charge on any atom is 0.219 e. The molecule has 0 radical (unpaired) electrons. The van der Waals surface area contributed by atoms with Gasteiger partial charge in [-0.3, -0.25) is 9.55 Å². The van der Waals surface area contributed by atoms with Crippen LogP contribution in [0.4, 0.5) is 0 Å². The summed E-state index contributed by atoms with van der Waals surface area (Å²) >= 11 is 0. The molecule has 0 saturated heterocycles. The fourth-order valence-electron chi connectivity index (χ4n) is 1.37. The van der Waals surface area contributed by atoms with Crippen LogP contribution in [0.3, 0.4) is 0 Å². The fourth-order valence-corrected chi connectivity index (χ4v) is 3.31. The number of hydrogen-bond acceptors (Lipinski definition) is 2. The van der Waals surface area contributed by atoms with Gasteiger partial charge in [-0.1, -0.05) is 6.07 Å². The molecule has 0 unspecified atom stereocenters. The number of nitrogens with zero attached hydrogens (tertiary/aromatic N) is 3. The van der Waals surface area contributed by atoms with Crippen molar-refractivity contribution >= 4 is 7.44 Å². The molecular formula is C10H18N3OP. The Bertz CT molecular complexity index is 339. The van der Waals surface area contributed by atoms with Gasteiger partial charge < -0.3 is 0 Å². The monoisotopic (exact) mass is 227 g/mol. The smallest absolute Gasteiger partial charge is 0.219 e. The Kier molecular flexibility index (Phi) is 4.03. The molecule has 1 rings (SSSR count). The maximum absolute atomic E-state index is 12.6. The summed E-state index contributed by atoms with van der Waals surface area (Å²) in [5.41, 5.74) is 1.00. The van der Waals surface area contributed by atoms with Crippen molar-refractivity contribution in [3.05, 3.63) is 30.1 Å². The second kappa shape index (κ2) is 4.88. The van der Waals surface area contributed by atoms with Crippen LogP contribution >= 0.6 is 7.44 Å². The maximum atomic E-state index is 12.6. The zero-order chi connectivity index (χ0) is 11.5. The number of pyridine rings is 1. The zero-order valence-electron chi connectivity index (χ0n) is 9.71. The van der Waals surface area contributed by atoms with E-state index in [1.807, 2.05) is 40.3 Å². The number of hydrogen-bond donors (Lipinski definition) is 0. The minimum Gasteiger partial charge on any atom is -0.288 e. The van der Waals surface area contributed by atoms with Crippen LogP contribution in [0.25, 0.3) is 0 Å². The first-order valence-corrected chi connectivity index (χ1v) is 6.60. The molecule has 84 valence electrons. The van der Waals surface area contributed by atoms with Crippen molar-refractivity contribution in [3.8, 4) is 0 Å². The van der Waals surface area contributed by atoms with Gasteiger partial charge >= 0.3 is 0 Å². The summed E-state index contributed by atoms with van der Waals surface area (Å²) in [6, 6.07) is 3.82. The largest absolute Gasteiger partial charge is 0.288 e. The van der Waals surface area contributed by atoms with Crippen molar-refractivity contribution in [2.75, 3.05) is 28.2 Å². The van der Waals surface area contributed by atoms with E-state index in [4.69, 9.17) is 0 Å². The van der Waals surface area contributed by atoms with Gasteiger partial charge in [-0.2, -0.15) is 0 Å². The van der Waals surface area contributed by atoms with Crippen LogP contribution in [0, 0.1) is 0 Å². The van der Waals surface area contributed by atoms with Gasteiger partial charge in [0.2, 0.25) is 7.44 Å². The average molecular weight is 227 g/mol. The van der Waals surface area contributed by atoms with Crippen molar-refractivity contribution in [1.82, 2.24) is 14.3 Å². The summed E-state index contributed by atoms with van der Waals surface area (Å²) in [7, 11) is 4.92. The van der Waals surface area contributed by atoms with Crippen LogP contribution in [0.15, 0.2) is 24.5 Å². The lowest BCUT2D eigenvalue weighted by atomic mass is 10.3. The quantitative estimate of drug-likeness (QED) is 0.736. The topological polar surface area (TPSA) is 36.4 Å². The van der Waals surface area contributed by atoms with Gasteiger partial charge in [0, 0.05) is 12.4 Å². The molecule has 1 aromatic rings. The van der Waals surface area contributed by atoms with Gasteiger partial charge in [0.15, 0.2) is 0 Å². The van der Waals surface area contributed by atoms with Crippen LogP contribution in [0.2, 0.25) is 0 Å². The third kappa shape index (κ3) is 2.88. The molecule has 15 heavy (non-hydrogen) atoms. The first-order valence-electron chi connectivity index (χ1n) is 4.80. The lowest BCUT2D eigenvalue weighted by molar-refractivity contribution is 0.446. The van der Waals surface area contributed by atoms with E-state index >= 15 is 0 Å². The van der Waals surface area contributed by atoms with Crippen LogP contribution in [-0.4, -0.2) is 42.5 Å². The third-order valence-electron chi connectivity index (χ3n) is 2.36. The Labute approximate surface area is 91.4 Å². The van der Waals surface area contributed by atoms with Crippen LogP contribution < -0.4 is 0 Å². The van der Waals surface area contributed by atoms with Crippen molar-refractivity contribution < 1.29 is 4.57 Å². The van der Waals surface area contributed by atoms with Gasteiger partial charge in [0.05, 0.1) is 6.16 Å². The normalized spacial score (nSPS) is 12.4. The summed E-state index contributed by atoms with van der Waals surface area (Å²) in [5, 5.41) is 0. The summed E-state index contributed by atoms with van der Waals surface area (Å²) in [6.07, 6.45) is 4.01. The molecular weight excluding hydrogens is 209 g/mol. The summed E-state index contributed by atoms with van der Waals surface area (Å²) in [5.74, 6) is 0. The molecule has 0 saturated carbocycles. The molecule has 0 bridgehead atoms. The van der Waals surface area contributed by atoms with E-state index in [1.165, 1.54) is 0 Å². The summed E-state index contributed by atoms with van der Waals surface area (Å²) in [4.78, 5) is 4.03. The Hall–Kier alpha value is -0.700. The molecule has 0 N–H and O–H groups in total. The standard InChI is InChI=1S/C10H18N3OP/c1-12(2)15(14,13(3)4)9-10-6-5-7-11-8-10/h5-8H,9H2,1-4H3. The van der Waals surface area contributed by atoms with E-state index in [0.29, 0.717) is 6.16 Å². The summed E-state index contributed by atoms with van der Waals surface area (Å²) in [6.45, 7) is 0. The predicted molar refractivity (Wildman–Crippen MR) is 62.9 cm³/mol. The molecule has 1 heterocycles. The van der Waals surface area contributed by atoms with Crippen molar-refractivity contribution in [1.29, 1.82) is 0 Å². The highest BCUT2D eigenvalue weighted by Gasteiger charge is 2.27. The molecule has 0 atom stereocenters. The molecule has 0 aliphatic rings. The first kappa shape index (κ1) is 12.4. The Morgan fingerprint density at radius 2 is 1.87 bits per heavy atom. The molecule has 4 nitrogen and oxygen atoms in total. The van der Waals surface area contributed by atoms with Crippen molar-refractivity contribution in [2.24, 2.45) is 0 Å². The van der Waals surface area contributed by atoms with E-state index < -0.39 is 7.44 Å². The SMILES string of the molecule is CN(C)P(=O)(Cc1cccnc1)N(C)C. The van der Waals surface area contributed by atoms with E-state index in [-0.39, 0.29) is 0 Å². The third-order valence-corrected chi connectivity index (χ3v) is 5.64. The second-order valence-electron chi connectivity index (χ2n) is 3.88. The first-order chi connectivity index (χ1) is 6.97. The molecule has 0 aliphatic carbocycles. The molecule has 0 amide bonds. The van der Waals surface area contributed by atoms with E-state index in [0.717, 1.165) is 5.56 Å². The van der Waals surface area contributed by atoms with Crippen LogP contribution in [-0.2, 0) is 10.7 Å². The number of aromatic nitrogens is 1. The molecule has 0 aromatic carbocycles. The lowest BCUT2D eigenvalue weighted by Crippen LogP contribution is -2.22.